The van der Waals surface area contributed by atoms with E-state index in [0.717, 1.165) is 51.9 Å². The number of nitrogens with one attached hydrogen (secondary N) is 3. The Bertz CT molecular complexity index is 608. The van der Waals surface area contributed by atoms with Crippen LogP contribution in [0.4, 0.5) is 11.6 Å². The molecule has 1 aromatic heterocycles. The summed E-state index contributed by atoms with van der Waals surface area (Å²) in [5.74, 6) is 1.13. The molecule has 0 atom stereocenters. The van der Waals surface area contributed by atoms with Crippen molar-refractivity contribution in [1.29, 1.82) is 5.41 Å². The molecule has 26 heavy (non-hydrogen) atoms. The second-order valence-electron chi connectivity index (χ2n) is 7.28. The lowest BCUT2D eigenvalue weighted by Crippen LogP contribution is -2.34. The zero-order valence-electron chi connectivity index (χ0n) is 15.5. The molecular formula is C19H30N6O. The van der Waals surface area contributed by atoms with Gasteiger partial charge in [-0.05, 0) is 38.8 Å². The highest BCUT2D eigenvalue weighted by Crippen LogP contribution is 2.26. The molecule has 0 aromatic carbocycles. The fourth-order valence-electron chi connectivity index (χ4n) is 3.87. The Labute approximate surface area is 155 Å². The minimum absolute atomic E-state index is 0.0192. The van der Waals surface area contributed by atoms with Gasteiger partial charge in [0.2, 0.25) is 5.91 Å². The van der Waals surface area contributed by atoms with Crippen molar-refractivity contribution in [2.75, 3.05) is 36.8 Å². The largest absolute Gasteiger partial charge is 0.368 e. The maximum atomic E-state index is 12.5. The van der Waals surface area contributed by atoms with Gasteiger partial charge in [0.15, 0.2) is 0 Å². The van der Waals surface area contributed by atoms with E-state index in [0.29, 0.717) is 17.2 Å². The van der Waals surface area contributed by atoms with Gasteiger partial charge in [-0.2, -0.15) is 0 Å². The zero-order valence-corrected chi connectivity index (χ0v) is 15.5. The molecule has 1 aromatic rings. The molecule has 3 N–H and O–H groups in total. The lowest BCUT2D eigenvalue weighted by Gasteiger charge is -2.26. The van der Waals surface area contributed by atoms with E-state index < -0.39 is 0 Å². The number of likely N-dealkylation sites (tertiary alicyclic amines) is 1. The van der Waals surface area contributed by atoms with E-state index in [1.54, 1.807) is 0 Å². The van der Waals surface area contributed by atoms with Gasteiger partial charge in [-0.1, -0.05) is 25.7 Å². The van der Waals surface area contributed by atoms with Gasteiger partial charge < -0.3 is 20.9 Å². The van der Waals surface area contributed by atoms with Crippen molar-refractivity contribution >= 4 is 23.8 Å². The Morgan fingerprint density at radius 1 is 1.12 bits per heavy atom. The van der Waals surface area contributed by atoms with Gasteiger partial charge in [-0.3, -0.25) is 4.79 Å². The van der Waals surface area contributed by atoms with Crippen molar-refractivity contribution in [2.45, 2.75) is 51.4 Å². The predicted molar refractivity (Wildman–Crippen MR) is 104 cm³/mol. The summed E-state index contributed by atoms with van der Waals surface area (Å²) in [6.45, 7) is 4.05. The number of carbonyl (C=O) groups excluding carboxylic acids is 1. The van der Waals surface area contributed by atoms with E-state index >= 15 is 0 Å². The molecule has 0 unspecified atom stereocenters. The highest BCUT2D eigenvalue weighted by atomic mass is 16.1. The third kappa shape index (κ3) is 5.00. The van der Waals surface area contributed by atoms with E-state index in [4.69, 9.17) is 5.41 Å². The number of anilines is 2. The Morgan fingerprint density at radius 2 is 1.81 bits per heavy atom. The van der Waals surface area contributed by atoms with Crippen LogP contribution in [0.15, 0.2) is 6.33 Å². The van der Waals surface area contributed by atoms with Gasteiger partial charge >= 0.3 is 0 Å². The van der Waals surface area contributed by atoms with Crippen molar-refractivity contribution < 1.29 is 4.79 Å². The van der Waals surface area contributed by atoms with E-state index in [2.05, 4.69) is 25.5 Å². The summed E-state index contributed by atoms with van der Waals surface area (Å²) in [5, 5.41) is 14.0. The zero-order chi connectivity index (χ0) is 18.2. The third-order valence-corrected chi connectivity index (χ3v) is 5.41. The average molecular weight is 358 g/mol. The lowest BCUT2D eigenvalue weighted by molar-refractivity contribution is -0.120. The summed E-state index contributed by atoms with van der Waals surface area (Å²) in [7, 11) is 0. The van der Waals surface area contributed by atoms with Crippen LogP contribution in [0.25, 0.3) is 0 Å². The first-order valence-electron chi connectivity index (χ1n) is 9.90. The number of piperidine rings is 1. The molecule has 0 radical (unpaired) electrons. The molecule has 1 aliphatic heterocycles. The van der Waals surface area contributed by atoms with Crippen LogP contribution < -0.4 is 10.6 Å². The molecule has 2 heterocycles. The van der Waals surface area contributed by atoms with Gasteiger partial charge in [-0.15, -0.1) is 0 Å². The van der Waals surface area contributed by atoms with Crippen LogP contribution in [-0.4, -0.2) is 53.2 Å². The number of hydrogen-bond acceptors (Lipinski definition) is 6. The molecule has 0 spiro atoms. The van der Waals surface area contributed by atoms with Crippen LogP contribution in [0.1, 0.15) is 56.9 Å². The molecule has 0 bridgehead atoms. The van der Waals surface area contributed by atoms with Gasteiger partial charge in [0.1, 0.15) is 18.0 Å². The first-order chi connectivity index (χ1) is 12.8. The van der Waals surface area contributed by atoms with Crippen LogP contribution in [0.2, 0.25) is 0 Å². The fourth-order valence-corrected chi connectivity index (χ4v) is 3.87. The van der Waals surface area contributed by atoms with Gasteiger partial charge in [0, 0.05) is 25.2 Å². The molecule has 7 heteroatoms. The Kier molecular flexibility index (Phi) is 6.94. The SMILES string of the molecule is N=Cc1c(NCCN2CCCCC2)ncnc1NC(=O)C1CCCCC1. The summed E-state index contributed by atoms with van der Waals surface area (Å²) in [5.41, 5.74) is 0.551. The summed E-state index contributed by atoms with van der Waals surface area (Å²) < 4.78 is 0. The fraction of sp³-hybridized carbons (Fsp3) is 0.684. The van der Waals surface area contributed by atoms with Crippen molar-refractivity contribution in [3.63, 3.8) is 0 Å². The number of rotatable bonds is 7. The first-order valence-corrected chi connectivity index (χ1v) is 9.90. The maximum Gasteiger partial charge on any atom is 0.228 e. The smallest absolute Gasteiger partial charge is 0.228 e. The summed E-state index contributed by atoms with van der Waals surface area (Å²) in [6, 6.07) is 0. The molecular weight excluding hydrogens is 328 g/mol. The molecule has 1 saturated heterocycles. The molecule has 1 amide bonds. The topological polar surface area (TPSA) is 94.0 Å². The number of nitrogens with zero attached hydrogens (tertiary/aromatic N) is 3. The average Bonchev–Trinajstić information content (AvgIpc) is 2.69. The molecule has 3 rings (SSSR count). The molecule has 2 aliphatic rings. The standard InChI is InChI=1S/C19H30N6O/c20-13-16-17(21-9-12-25-10-5-2-6-11-25)22-14-23-18(16)24-19(26)15-7-3-1-4-8-15/h13-15,20H,1-12H2,(H2,21,22,23,24,26). The number of amides is 1. The van der Waals surface area contributed by atoms with E-state index in [-0.39, 0.29) is 11.8 Å². The van der Waals surface area contributed by atoms with E-state index in [9.17, 15) is 4.79 Å². The van der Waals surface area contributed by atoms with Crippen LogP contribution in [0, 0.1) is 11.3 Å². The van der Waals surface area contributed by atoms with E-state index in [1.165, 1.54) is 38.2 Å². The number of carbonyl (C=O) groups is 1. The summed E-state index contributed by atoms with van der Waals surface area (Å²) >= 11 is 0. The van der Waals surface area contributed by atoms with Crippen molar-refractivity contribution in [1.82, 2.24) is 14.9 Å². The van der Waals surface area contributed by atoms with Crippen molar-refractivity contribution in [3.8, 4) is 0 Å². The lowest BCUT2D eigenvalue weighted by atomic mass is 9.88. The van der Waals surface area contributed by atoms with Gasteiger partial charge in [0.25, 0.3) is 0 Å². The predicted octanol–water partition coefficient (Wildman–Crippen LogP) is 2.89. The molecule has 1 aliphatic carbocycles. The Hall–Kier alpha value is -2.02. The maximum absolute atomic E-state index is 12.5. The number of hydrogen-bond donors (Lipinski definition) is 3. The summed E-state index contributed by atoms with van der Waals surface area (Å²) in [4.78, 5) is 23.4. The van der Waals surface area contributed by atoms with Crippen molar-refractivity contribution in [2.24, 2.45) is 5.92 Å². The van der Waals surface area contributed by atoms with Crippen LogP contribution in [0.5, 0.6) is 0 Å². The third-order valence-electron chi connectivity index (χ3n) is 5.41. The normalized spacial score (nSPS) is 19.1. The van der Waals surface area contributed by atoms with Gasteiger partial charge in [0.05, 0.1) is 5.56 Å². The minimum atomic E-state index is 0.0192. The van der Waals surface area contributed by atoms with Crippen LogP contribution in [-0.2, 0) is 4.79 Å². The quantitative estimate of drug-likeness (QED) is 0.652. The monoisotopic (exact) mass is 358 g/mol. The van der Waals surface area contributed by atoms with E-state index in [1.807, 2.05) is 0 Å². The highest BCUT2D eigenvalue weighted by Gasteiger charge is 2.22. The Balaban J connectivity index is 1.58. The number of aromatic nitrogens is 2. The molecule has 142 valence electrons. The molecule has 1 saturated carbocycles. The summed E-state index contributed by atoms with van der Waals surface area (Å²) in [6.07, 6.45) is 11.9. The Morgan fingerprint density at radius 3 is 2.54 bits per heavy atom. The van der Waals surface area contributed by atoms with Gasteiger partial charge in [-0.25, -0.2) is 9.97 Å². The highest BCUT2D eigenvalue weighted by molar-refractivity contribution is 5.99. The minimum Gasteiger partial charge on any atom is -0.368 e. The van der Waals surface area contributed by atoms with Crippen LogP contribution in [0.3, 0.4) is 0 Å². The second kappa shape index (κ2) is 9.62. The van der Waals surface area contributed by atoms with Crippen LogP contribution >= 0.6 is 0 Å². The first kappa shape index (κ1) is 18.8. The molecule has 2 fully saturated rings. The second-order valence-corrected chi connectivity index (χ2v) is 7.28. The van der Waals surface area contributed by atoms with Crippen molar-refractivity contribution in [3.05, 3.63) is 11.9 Å². The molecule has 7 nitrogen and oxygen atoms in total.